The van der Waals surface area contributed by atoms with Crippen LogP contribution in [0.25, 0.3) is 0 Å². The van der Waals surface area contributed by atoms with Gasteiger partial charge in [-0.25, -0.2) is 12.7 Å². The maximum Gasteiger partial charge on any atom is 0.466 e. The molecule has 0 aromatic heterocycles. The maximum atomic E-state index is 11.1. The summed E-state index contributed by atoms with van der Waals surface area (Å²) in [6, 6.07) is 0. The predicted octanol–water partition coefficient (Wildman–Crippen LogP) is -1.74. The molecule has 0 radical (unpaired) electrons. The summed E-state index contributed by atoms with van der Waals surface area (Å²) in [6.07, 6.45) is -3.49. The third-order valence-electron chi connectivity index (χ3n) is 3.74. The molecule has 1 aliphatic heterocycles. The number of thioether (sulfide) groups is 1. The van der Waals surface area contributed by atoms with Crippen molar-refractivity contribution < 1.29 is 50.8 Å². The number of oxime groups is 1. The molecule has 15 heteroatoms. The molecule has 1 heterocycles. The number of nitrogens with zero attached hydrogens (tertiary/aromatic N) is 1. The summed E-state index contributed by atoms with van der Waals surface area (Å²) in [7, 11) is -7.98. The number of sulfone groups is 1. The van der Waals surface area contributed by atoms with Gasteiger partial charge in [-0.3, -0.25) is 4.55 Å². The van der Waals surface area contributed by atoms with E-state index >= 15 is 0 Å². The molecule has 1 rings (SSSR count). The van der Waals surface area contributed by atoms with Crippen LogP contribution in [-0.2, 0) is 29.3 Å². The molecule has 0 saturated carbocycles. The van der Waals surface area contributed by atoms with E-state index in [-0.39, 0.29) is 17.2 Å². The van der Waals surface area contributed by atoms with Gasteiger partial charge in [0.25, 0.3) is 0 Å². The molecule has 5 N–H and O–H groups in total. The van der Waals surface area contributed by atoms with Gasteiger partial charge < -0.3 is 25.2 Å². The van der Waals surface area contributed by atoms with Crippen LogP contribution in [0, 0.1) is 0 Å². The molecule has 5 atom stereocenters. The first-order chi connectivity index (χ1) is 12.8. The van der Waals surface area contributed by atoms with E-state index in [0.29, 0.717) is 31.0 Å². The van der Waals surface area contributed by atoms with Gasteiger partial charge in [0.15, 0.2) is 0 Å². The van der Waals surface area contributed by atoms with Gasteiger partial charge >= 0.3 is 10.4 Å². The second-order valence-corrected chi connectivity index (χ2v) is 10.7. The molecule has 12 nitrogen and oxygen atoms in total. The van der Waals surface area contributed by atoms with Crippen LogP contribution < -0.4 is 0 Å². The van der Waals surface area contributed by atoms with E-state index in [0.717, 1.165) is 6.26 Å². The van der Waals surface area contributed by atoms with E-state index in [1.54, 1.807) is 0 Å². The highest BCUT2D eigenvalue weighted by atomic mass is 32.3. The van der Waals surface area contributed by atoms with Crippen molar-refractivity contribution in [3.8, 4) is 0 Å². The lowest BCUT2D eigenvalue weighted by Gasteiger charge is -2.39. The minimum atomic E-state index is -4.88. The smallest absolute Gasteiger partial charge is 0.394 e. The lowest BCUT2D eigenvalue weighted by atomic mass is 10.0. The van der Waals surface area contributed by atoms with Gasteiger partial charge in [0, 0.05) is 12.0 Å². The Balaban J connectivity index is 2.76. The summed E-state index contributed by atoms with van der Waals surface area (Å²) in [5.74, 6) is -0.0130. The summed E-state index contributed by atoms with van der Waals surface area (Å²) < 4.78 is 61.6. The van der Waals surface area contributed by atoms with E-state index in [4.69, 9.17) is 9.29 Å². The Labute approximate surface area is 167 Å². The summed E-state index contributed by atoms with van der Waals surface area (Å²) in [5.41, 5.74) is -1.21. The molecular formula is C13H25NO11S3. The fourth-order valence-corrected chi connectivity index (χ4v) is 4.40. The molecule has 1 fully saturated rings. The Hall–Kier alpha value is -0.520. The number of hydrogen-bond donors (Lipinski definition) is 5. The molecule has 1 saturated heterocycles. The quantitative estimate of drug-likeness (QED) is 0.0799. The third-order valence-corrected chi connectivity index (χ3v) is 6.21. The molecule has 0 bridgehead atoms. The molecule has 0 spiro atoms. The number of rotatable bonds is 10. The van der Waals surface area contributed by atoms with Crippen molar-refractivity contribution in [1.82, 2.24) is 0 Å². The fourth-order valence-electron chi connectivity index (χ4n) is 2.33. The summed E-state index contributed by atoms with van der Waals surface area (Å²) in [5, 5.41) is 42.0. The zero-order valence-corrected chi connectivity index (χ0v) is 17.4. The highest BCUT2D eigenvalue weighted by Gasteiger charge is 2.44. The topological polar surface area (TPSA) is 200 Å². The van der Waals surface area contributed by atoms with Crippen molar-refractivity contribution in [1.29, 1.82) is 0 Å². The minimum Gasteiger partial charge on any atom is -0.394 e. The van der Waals surface area contributed by atoms with E-state index in [1.807, 2.05) is 0 Å². The van der Waals surface area contributed by atoms with E-state index < -0.39 is 56.7 Å². The van der Waals surface area contributed by atoms with Crippen molar-refractivity contribution in [2.24, 2.45) is 5.16 Å². The Morgan fingerprint density at radius 2 is 1.71 bits per heavy atom. The van der Waals surface area contributed by atoms with Crippen LogP contribution in [0.5, 0.6) is 0 Å². The summed E-state index contributed by atoms with van der Waals surface area (Å²) in [6.45, 7) is -0.637. The van der Waals surface area contributed by atoms with Gasteiger partial charge in [0.1, 0.15) is 44.7 Å². The molecule has 0 aliphatic carbocycles. The van der Waals surface area contributed by atoms with Crippen LogP contribution in [0.4, 0.5) is 0 Å². The summed E-state index contributed by atoms with van der Waals surface area (Å²) >= 11 is 0.680. The Morgan fingerprint density at radius 1 is 1.07 bits per heavy atom. The second-order valence-electron chi connectivity index (χ2n) is 6.24. The molecule has 5 unspecified atom stereocenters. The fraction of sp³-hybridized carbons (Fsp3) is 0.923. The van der Waals surface area contributed by atoms with Crippen LogP contribution in [-0.4, -0.2) is 95.3 Å². The zero-order chi connectivity index (χ0) is 21.5. The van der Waals surface area contributed by atoms with Crippen LogP contribution in [0.1, 0.15) is 25.7 Å². The van der Waals surface area contributed by atoms with Gasteiger partial charge in [-0.2, -0.15) is 8.42 Å². The Morgan fingerprint density at radius 3 is 2.25 bits per heavy atom. The van der Waals surface area contributed by atoms with E-state index in [2.05, 4.69) is 9.44 Å². The number of hydrogen-bond acceptors (Lipinski definition) is 12. The normalized spacial score (nSPS) is 29.6. The lowest BCUT2D eigenvalue weighted by Crippen LogP contribution is -2.57. The number of ether oxygens (including phenoxy) is 1. The van der Waals surface area contributed by atoms with Crippen LogP contribution in [0.3, 0.4) is 0 Å². The van der Waals surface area contributed by atoms with Crippen molar-refractivity contribution in [2.75, 3.05) is 18.6 Å². The van der Waals surface area contributed by atoms with E-state index in [1.165, 1.54) is 0 Å². The zero-order valence-electron chi connectivity index (χ0n) is 15.0. The molecule has 0 aromatic carbocycles. The van der Waals surface area contributed by atoms with Gasteiger partial charge in [-0.05, 0) is 19.3 Å². The van der Waals surface area contributed by atoms with Crippen LogP contribution >= 0.6 is 11.8 Å². The van der Waals surface area contributed by atoms with Gasteiger partial charge in [0.05, 0.1) is 6.61 Å². The van der Waals surface area contributed by atoms with Crippen molar-refractivity contribution >= 4 is 37.0 Å². The average molecular weight is 468 g/mol. The number of unbranched alkanes of at least 4 members (excludes halogenated alkanes) is 2. The first kappa shape index (κ1) is 25.5. The average Bonchev–Trinajstić information content (AvgIpc) is 2.57. The highest BCUT2D eigenvalue weighted by molar-refractivity contribution is 8.14. The van der Waals surface area contributed by atoms with Crippen molar-refractivity contribution in [3.05, 3.63) is 0 Å². The minimum absolute atomic E-state index is 0.0130. The summed E-state index contributed by atoms with van der Waals surface area (Å²) in [4.78, 5) is 0. The SMILES string of the molecule is CS(=O)(=O)CCCCCC(=NOS(=O)(=O)O)SC1OC(CO)C(O)C(O)C1O. The molecule has 166 valence electrons. The van der Waals surface area contributed by atoms with Crippen molar-refractivity contribution in [3.63, 3.8) is 0 Å². The third kappa shape index (κ3) is 9.32. The Bertz CT molecular complexity index is 722. The predicted molar refractivity (Wildman–Crippen MR) is 99.6 cm³/mol. The molecule has 1 aliphatic rings. The lowest BCUT2D eigenvalue weighted by molar-refractivity contribution is -0.205. The molecule has 28 heavy (non-hydrogen) atoms. The Kier molecular flexibility index (Phi) is 10.1. The van der Waals surface area contributed by atoms with Gasteiger partial charge in [-0.15, -0.1) is 0 Å². The van der Waals surface area contributed by atoms with Crippen molar-refractivity contribution in [2.45, 2.75) is 55.5 Å². The molecular weight excluding hydrogens is 442 g/mol. The van der Waals surface area contributed by atoms with Gasteiger partial charge in [-0.1, -0.05) is 23.3 Å². The standard InChI is InChI=1S/C13H25NO11S3/c1-27(19,20)6-4-2-3-5-9(14-25-28(21,22)23)26-13-12(18)11(17)10(16)8(7-15)24-13/h8,10-13,15-18H,2-7H2,1H3,(H,21,22,23). The maximum absolute atomic E-state index is 11.1. The molecule has 0 amide bonds. The second kappa shape index (κ2) is 11.0. The molecule has 0 aromatic rings. The first-order valence-electron chi connectivity index (χ1n) is 8.22. The largest absolute Gasteiger partial charge is 0.466 e. The van der Waals surface area contributed by atoms with Gasteiger partial charge in [0.2, 0.25) is 0 Å². The highest BCUT2D eigenvalue weighted by Crippen LogP contribution is 2.30. The monoisotopic (exact) mass is 467 g/mol. The number of aliphatic hydroxyl groups is 4. The number of aliphatic hydroxyl groups excluding tert-OH is 4. The van der Waals surface area contributed by atoms with E-state index in [9.17, 15) is 37.3 Å². The van der Waals surface area contributed by atoms with Crippen LogP contribution in [0.2, 0.25) is 0 Å². The van der Waals surface area contributed by atoms with Crippen LogP contribution in [0.15, 0.2) is 5.16 Å². The first-order valence-corrected chi connectivity index (χ1v) is 12.5.